The molecular formula is C24H35N5O5. The lowest BCUT2D eigenvalue weighted by molar-refractivity contribution is -0.124. The number of methoxy groups -OCH3 is 1. The molecule has 1 aliphatic heterocycles. The Bertz CT molecular complexity index is 1080. The van der Waals surface area contributed by atoms with Crippen LogP contribution < -0.4 is 21.9 Å². The molecule has 10 nitrogen and oxygen atoms in total. The van der Waals surface area contributed by atoms with Crippen molar-refractivity contribution in [3.05, 3.63) is 56.7 Å². The second-order valence-electron chi connectivity index (χ2n) is 9.08. The molecule has 0 spiro atoms. The van der Waals surface area contributed by atoms with Crippen LogP contribution in [0.4, 0.5) is 11.5 Å². The van der Waals surface area contributed by atoms with Crippen LogP contribution in [-0.2, 0) is 20.8 Å². The van der Waals surface area contributed by atoms with Gasteiger partial charge in [0, 0.05) is 33.3 Å². The summed E-state index contributed by atoms with van der Waals surface area (Å²) in [6.45, 7) is 7.69. The van der Waals surface area contributed by atoms with Crippen LogP contribution in [0.3, 0.4) is 0 Å². The maximum absolute atomic E-state index is 13.5. The highest BCUT2D eigenvalue weighted by Crippen LogP contribution is 2.25. The van der Waals surface area contributed by atoms with Crippen LogP contribution in [0.1, 0.15) is 32.4 Å². The van der Waals surface area contributed by atoms with Crippen molar-refractivity contribution >= 4 is 17.4 Å². The van der Waals surface area contributed by atoms with Gasteiger partial charge in [-0.15, -0.1) is 0 Å². The van der Waals surface area contributed by atoms with Gasteiger partial charge in [0.1, 0.15) is 5.82 Å². The minimum atomic E-state index is -0.690. The Morgan fingerprint density at radius 1 is 1.26 bits per heavy atom. The first-order chi connectivity index (χ1) is 16.2. The molecule has 10 heteroatoms. The normalized spacial score (nSPS) is 18.9. The standard InChI is InChI=1S/C24H35N5O5/c1-16(2)12-29-22(25)21(23(31)26-24(29)32)28(10-11-33-4)20(30)15-27-13-17(3)34-19(14-27)18-8-6-5-7-9-18/h5-9,16-17,19H,10-15,25H2,1-4H3,(H,26,31,32). The highest BCUT2D eigenvalue weighted by atomic mass is 16.5. The average Bonchev–Trinajstić information content (AvgIpc) is 2.78. The number of carbonyl (C=O) groups excluding carboxylic acids is 1. The molecule has 3 rings (SSSR count). The number of nitrogens with two attached hydrogens (primary N) is 1. The maximum atomic E-state index is 13.5. The number of morpholine rings is 1. The summed E-state index contributed by atoms with van der Waals surface area (Å²) in [5.41, 5.74) is 6.01. The van der Waals surface area contributed by atoms with Crippen molar-refractivity contribution in [2.24, 2.45) is 5.92 Å². The third-order valence-electron chi connectivity index (χ3n) is 5.72. The molecule has 2 heterocycles. The number of nitrogen functional groups attached to an aromatic ring is 1. The first-order valence-electron chi connectivity index (χ1n) is 11.6. The zero-order valence-corrected chi connectivity index (χ0v) is 20.3. The van der Waals surface area contributed by atoms with Crippen molar-refractivity contribution in [3.63, 3.8) is 0 Å². The summed E-state index contributed by atoms with van der Waals surface area (Å²) in [7, 11) is 1.52. The predicted molar refractivity (Wildman–Crippen MR) is 131 cm³/mol. The van der Waals surface area contributed by atoms with Gasteiger partial charge in [0.05, 0.1) is 25.4 Å². The first-order valence-corrected chi connectivity index (χ1v) is 11.6. The van der Waals surface area contributed by atoms with Gasteiger partial charge in [0.25, 0.3) is 5.56 Å². The van der Waals surface area contributed by atoms with Crippen molar-refractivity contribution in [1.29, 1.82) is 0 Å². The number of hydrogen-bond acceptors (Lipinski definition) is 7. The lowest BCUT2D eigenvalue weighted by atomic mass is 10.1. The monoisotopic (exact) mass is 473 g/mol. The second-order valence-corrected chi connectivity index (χ2v) is 9.08. The summed E-state index contributed by atoms with van der Waals surface area (Å²) >= 11 is 0. The largest absolute Gasteiger partial charge is 0.383 e. The van der Waals surface area contributed by atoms with Gasteiger partial charge in [0.2, 0.25) is 5.91 Å². The molecule has 2 unspecified atom stereocenters. The number of nitrogens with zero attached hydrogens (tertiary/aromatic N) is 3. The first kappa shape index (κ1) is 25.7. The fourth-order valence-corrected chi connectivity index (χ4v) is 4.22. The van der Waals surface area contributed by atoms with E-state index < -0.39 is 11.2 Å². The maximum Gasteiger partial charge on any atom is 0.330 e. The molecule has 0 saturated carbocycles. The molecule has 0 aliphatic carbocycles. The number of benzene rings is 1. The molecule has 1 amide bonds. The molecule has 0 radical (unpaired) electrons. The van der Waals surface area contributed by atoms with Gasteiger partial charge < -0.3 is 20.1 Å². The lowest BCUT2D eigenvalue weighted by Crippen LogP contribution is -2.50. The molecule has 3 N–H and O–H groups in total. The van der Waals surface area contributed by atoms with E-state index in [-0.39, 0.29) is 55.2 Å². The number of aromatic nitrogens is 2. The number of anilines is 2. The molecule has 1 aliphatic rings. The molecule has 1 aromatic heterocycles. The molecule has 1 fully saturated rings. The van der Waals surface area contributed by atoms with E-state index in [1.807, 2.05) is 56.0 Å². The van der Waals surface area contributed by atoms with E-state index in [4.69, 9.17) is 15.2 Å². The van der Waals surface area contributed by atoms with Gasteiger partial charge in [-0.3, -0.25) is 24.0 Å². The Kier molecular flexibility index (Phi) is 8.65. The van der Waals surface area contributed by atoms with Crippen molar-refractivity contribution in [1.82, 2.24) is 14.5 Å². The fourth-order valence-electron chi connectivity index (χ4n) is 4.22. The van der Waals surface area contributed by atoms with Crippen molar-refractivity contribution in [2.45, 2.75) is 39.5 Å². The molecule has 0 bridgehead atoms. The Morgan fingerprint density at radius 2 is 1.97 bits per heavy atom. The third-order valence-corrected chi connectivity index (χ3v) is 5.72. The molecule has 186 valence electrons. The number of carbonyl (C=O) groups is 1. The van der Waals surface area contributed by atoms with Crippen LogP contribution in [0.25, 0.3) is 0 Å². The quantitative estimate of drug-likeness (QED) is 0.561. The van der Waals surface area contributed by atoms with Crippen LogP contribution >= 0.6 is 0 Å². The summed E-state index contributed by atoms with van der Waals surface area (Å²) in [5.74, 6) is -0.207. The van der Waals surface area contributed by atoms with Gasteiger partial charge in [-0.05, 0) is 18.4 Å². The minimum absolute atomic E-state index is 0.0237. The summed E-state index contributed by atoms with van der Waals surface area (Å²) in [6.07, 6.45) is -0.229. The number of ether oxygens (including phenoxy) is 2. The summed E-state index contributed by atoms with van der Waals surface area (Å²) < 4.78 is 12.6. The highest BCUT2D eigenvalue weighted by molar-refractivity contribution is 5.96. The summed E-state index contributed by atoms with van der Waals surface area (Å²) in [5, 5.41) is 0. The Labute approximate surface area is 199 Å². The van der Waals surface area contributed by atoms with Crippen LogP contribution in [0.5, 0.6) is 0 Å². The van der Waals surface area contributed by atoms with Crippen molar-refractivity contribution < 1.29 is 14.3 Å². The van der Waals surface area contributed by atoms with Crippen molar-refractivity contribution in [2.75, 3.05) is 50.5 Å². The van der Waals surface area contributed by atoms with Crippen LogP contribution in [0.2, 0.25) is 0 Å². The SMILES string of the molecule is COCCN(C(=O)CN1CC(C)OC(c2ccccc2)C1)c1c(N)n(CC(C)C)c(=O)[nH]c1=O. The topological polar surface area (TPSA) is 123 Å². The number of nitrogens with one attached hydrogen (secondary N) is 1. The minimum Gasteiger partial charge on any atom is -0.383 e. The van der Waals surface area contributed by atoms with Crippen LogP contribution in [0.15, 0.2) is 39.9 Å². The van der Waals surface area contributed by atoms with Gasteiger partial charge in [-0.1, -0.05) is 44.2 Å². The molecule has 1 saturated heterocycles. The zero-order chi connectivity index (χ0) is 24.8. The van der Waals surface area contributed by atoms with Gasteiger partial charge in [0.15, 0.2) is 5.69 Å². The van der Waals surface area contributed by atoms with Crippen LogP contribution in [-0.4, -0.2) is 66.4 Å². The van der Waals surface area contributed by atoms with Crippen LogP contribution in [0, 0.1) is 5.92 Å². The Balaban J connectivity index is 1.88. The second kappa shape index (κ2) is 11.5. The third kappa shape index (κ3) is 6.13. The lowest BCUT2D eigenvalue weighted by Gasteiger charge is -2.37. The van der Waals surface area contributed by atoms with E-state index in [1.165, 1.54) is 16.6 Å². The van der Waals surface area contributed by atoms with Gasteiger partial charge in [-0.2, -0.15) is 0 Å². The summed E-state index contributed by atoms with van der Waals surface area (Å²) in [6, 6.07) is 9.88. The number of H-pyrrole nitrogens is 1. The molecule has 1 aromatic carbocycles. The Hall–Kier alpha value is -2.95. The van der Waals surface area contributed by atoms with E-state index in [1.54, 1.807) is 0 Å². The van der Waals surface area contributed by atoms with E-state index in [9.17, 15) is 14.4 Å². The predicted octanol–water partition coefficient (Wildman–Crippen LogP) is 1.22. The van der Waals surface area contributed by atoms with Gasteiger partial charge >= 0.3 is 5.69 Å². The number of hydrogen-bond donors (Lipinski definition) is 2. The number of rotatable bonds is 9. The van der Waals surface area contributed by atoms with E-state index in [2.05, 4.69) is 4.98 Å². The van der Waals surface area contributed by atoms with Crippen molar-refractivity contribution in [3.8, 4) is 0 Å². The zero-order valence-electron chi connectivity index (χ0n) is 20.3. The highest BCUT2D eigenvalue weighted by Gasteiger charge is 2.31. The van der Waals surface area contributed by atoms with E-state index in [0.29, 0.717) is 19.6 Å². The Morgan fingerprint density at radius 3 is 2.62 bits per heavy atom. The number of amides is 1. The summed E-state index contributed by atoms with van der Waals surface area (Å²) in [4.78, 5) is 44.3. The molecular weight excluding hydrogens is 438 g/mol. The molecule has 34 heavy (non-hydrogen) atoms. The molecule has 2 atom stereocenters. The van der Waals surface area contributed by atoms with E-state index >= 15 is 0 Å². The smallest absolute Gasteiger partial charge is 0.330 e. The van der Waals surface area contributed by atoms with E-state index in [0.717, 1.165) is 5.56 Å². The fraction of sp³-hybridized carbons (Fsp3) is 0.542. The average molecular weight is 474 g/mol. The van der Waals surface area contributed by atoms with Gasteiger partial charge in [-0.25, -0.2) is 4.79 Å². The number of aromatic amines is 1. The molecule has 2 aromatic rings.